The third-order valence-corrected chi connectivity index (χ3v) is 5.82. The standard InChI is InChI=1S/C25H28ClN3O3/c1-3-12-27-13-15-32-19-8-5-17(6-9-19)24-23-20(11-14-29(24)25(30)31-4-2)21-16-18(26)7-10-22(21)28-23/h3,5-10,12,16,24,27-28H,4,11,13-15H2,1-2H3/b12-3-. The third-order valence-electron chi connectivity index (χ3n) is 5.59. The number of aromatic amines is 1. The van der Waals surface area contributed by atoms with Crippen molar-refractivity contribution in [2.75, 3.05) is 26.3 Å². The maximum absolute atomic E-state index is 12.8. The Labute approximate surface area is 193 Å². The lowest BCUT2D eigenvalue weighted by molar-refractivity contribution is 0.0932. The molecule has 0 aliphatic carbocycles. The molecular formula is C25H28ClN3O3. The number of ether oxygens (including phenoxy) is 2. The van der Waals surface area contributed by atoms with E-state index in [0.29, 0.717) is 24.8 Å². The van der Waals surface area contributed by atoms with Gasteiger partial charge in [-0.3, -0.25) is 4.90 Å². The van der Waals surface area contributed by atoms with Gasteiger partial charge in [-0.15, -0.1) is 0 Å². The Morgan fingerprint density at radius 1 is 1.28 bits per heavy atom. The zero-order valence-electron chi connectivity index (χ0n) is 18.4. The van der Waals surface area contributed by atoms with Crippen molar-refractivity contribution in [3.8, 4) is 5.75 Å². The fourth-order valence-corrected chi connectivity index (χ4v) is 4.36. The maximum atomic E-state index is 12.8. The van der Waals surface area contributed by atoms with Gasteiger partial charge in [-0.2, -0.15) is 0 Å². The van der Waals surface area contributed by atoms with Crippen molar-refractivity contribution in [1.82, 2.24) is 15.2 Å². The van der Waals surface area contributed by atoms with Crippen molar-refractivity contribution < 1.29 is 14.3 Å². The Balaban J connectivity index is 1.64. The minimum Gasteiger partial charge on any atom is -0.492 e. The number of carbonyl (C=O) groups excluding carboxylic acids is 1. The van der Waals surface area contributed by atoms with Crippen LogP contribution in [0.25, 0.3) is 10.9 Å². The van der Waals surface area contributed by atoms with Crippen LogP contribution >= 0.6 is 11.6 Å². The van der Waals surface area contributed by atoms with E-state index in [1.807, 2.05) is 68.6 Å². The number of hydrogen-bond acceptors (Lipinski definition) is 4. The number of benzene rings is 2. The number of halogens is 1. The van der Waals surface area contributed by atoms with Crippen LogP contribution in [-0.2, 0) is 11.2 Å². The molecule has 0 radical (unpaired) electrons. The zero-order chi connectivity index (χ0) is 22.5. The van der Waals surface area contributed by atoms with Gasteiger partial charge in [0.1, 0.15) is 18.4 Å². The van der Waals surface area contributed by atoms with E-state index >= 15 is 0 Å². The van der Waals surface area contributed by atoms with Crippen LogP contribution in [0.15, 0.2) is 54.7 Å². The molecule has 32 heavy (non-hydrogen) atoms. The molecule has 1 aliphatic rings. The second kappa shape index (κ2) is 10.0. The number of nitrogens with zero attached hydrogens (tertiary/aromatic N) is 1. The maximum Gasteiger partial charge on any atom is 0.410 e. The van der Waals surface area contributed by atoms with Crippen LogP contribution in [0.3, 0.4) is 0 Å². The molecule has 0 saturated heterocycles. The van der Waals surface area contributed by atoms with Crippen LogP contribution in [0.4, 0.5) is 4.79 Å². The first-order valence-electron chi connectivity index (χ1n) is 10.9. The molecule has 1 atom stereocenters. The number of carbonyl (C=O) groups is 1. The van der Waals surface area contributed by atoms with Crippen molar-refractivity contribution in [2.24, 2.45) is 0 Å². The molecule has 1 amide bonds. The average molecular weight is 454 g/mol. The molecule has 0 bridgehead atoms. The van der Waals surface area contributed by atoms with Gasteiger partial charge in [0.25, 0.3) is 0 Å². The topological polar surface area (TPSA) is 66.6 Å². The molecular weight excluding hydrogens is 426 g/mol. The lowest BCUT2D eigenvalue weighted by Crippen LogP contribution is -2.40. The first-order valence-corrected chi connectivity index (χ1v) is 11.3. The Morgan fingerprint density at radius 3 is 2.84 bits per heavy atom. The van der Waals surface area contributed by atoms with Crippen LogP contribution in [-0.4, -0.2) is 42.3 Å². The Kier molecular flexibility index (Phi) is 6.90. The molecule has 7 heteroatoms. The van der Waals surface area contributed by atoms with Crippen molar-refractivity contribution in [3.05, 3.63) is 76.6 Å². The van der Waals surface area contributed by atoms with E-state index in [9.17, 15) is 4.79 Å². The van der Waals surface area contributed by atoms with E-state index < -0.39 is 0 Å². The molecule has 6 nitrogen and oxygen atoms in total. The molecule has 1 aliphatic heterocycles. The predicted octanol–water partition coefficient (Wildman–Crippen LogP) is 5.43. The molecule has 2 heterocycles. The van der Waals surface area contributed by atoms with Crippen LogP contribution in [0.2, 0.25) is 5.02 Å². The number of H-pyrrole nitrogens is 1. The van der Waals surface area contributed by atoms with E-state index in [1.54, 1.807) is 4.90 Å². The number of nitrogens with one attached hydrogen (secondary N) is 2. The van der Waals surface area contributed by atoms with Gasteiger partial charge in [0.05, 0.1) is 6.61 Å². The van der Waals surface area contributed by atoms with Crippen LogP contribution in [0.5, 0.6) is 5.75 Å². The lowest BCUT2D eigenvalue weighted by Gasteiger charge is -2.35. The van der Waals surface area contributed by atoms with Gasteiger partial charge in [-0.25, -0.2) is 4.79 Å². The average Bonchev–Trinajstić information content (AvgIpc) is 3.17. The summed E-state index contributed by atoms with van der Waals surface area (Å²) in [6.45, 7) is 5.99. The first kappa shape index (κ1) is 22.1. The van der Waals surface area contributed by atoms with E-state index in [2.05, 4.69) is 10.3 Å². The summed E-state index contributed by atoms with van der Waals surface area (Å²) in [5, 5.41) is 4.96. The highest BCUT2D eigenvalue weighted by molar-refractivity contribution is 6.31. The number of aromatic nitrogens is 1. The molecule has 4 rings (SSSR count). The molecule has 3 aromatic rings. The Bertz CT molecular complexity index is 1110. The minimum atomic E-state index is -0.310. The summed E-state index contributed by atoms with van der Waals surface area (Å²) in [5.74, 6) is 0.790. The van der Waals surface area contributed by atoms with Crippen molar-refractivity contribution in [1.29, 1.82) is 0 Å². The molecule has 1 unspecified atom stereocenters. The summed E-state index contributed by atoms with van der Waals surface area (Å²) >= 11 is 6.26. The Hall–Kier alpha value is -3.12. The first-order chi connectivity index (χ1) is 15.6. The molecule has 0 saturated carbocycles. The van der Waals surface area contributed by atoms with E-state index in [0.717, 1.165) is 40.9 Å². The smallest absolute Gasteiger partial charge is 0.410 e. The van der Waals surface area contributed by atoms with Gasteiger partial charge >= 0.3 is 6.09 Å². The van der Waals surface area contributed by atoms with E-state index in [-0.39, 0.29) is 12.1 Å². The van der Waals surface area contributed by atoms with Gasteiger partial charge < -0.3 is 19.8 Å². The number of hydrogen-bond donors (Lipinski definition) is 2. The summed E-state index contributed by atoms with van der Waals surface area (Å²) in [7, 11) is 0. The summed E-state index contributed by atoms with van der Waals surface area (Å²) < 4.78 is 11.2. The highest BCUT2D eigenvalue weighted by Gasteiger charge is 2.35. The second-order valence-electron chi connectivity index (χ2n) is 7.62. The van der Waals surface area contributed by atoms with E-state index in [1.165, 1.54) is 5.56 Å². The van der Waals surface area contributed by atoms with Crippen molar-refractivity contribution in [3.63, 3.8) is 0 Å². The number of amides is 1. The SMILES string of the molecule is C/C=C\NCCOc1ccc(C2c3[nH]c4ccc(Cl)cc4c3CCN2C(=O)OCC)cc1. The monoisotopic (exact) mass is 453 g/mol. The molecule has 168 valence electrons. The van der Waals surface area contributed by atoms with Crippen LogP contribution < -0.4 is 10.1 Å². The van der Waals surface area contributed by atoms with Gasteiger partial charge in [0.2, 0.25) is 0 Å². The molecule has 2 aromatic carbocycles. The van der Waals surface area contributed by atoms with Crippen molar-refractivity contribution in [2.45, 2.75) is 26.3 Å². The summed E-state index contributed by atoms with van der Waals surface area (Å²) in [4.78, 5) is 18.1. The fraction of sp³-hybridized carbons (Fsp3) is 0.320. The molecule has 1 aromatic heterocycles. The van der Waals surface area contributed by atoms with E-state index in [4.69, 9.17) is 21.1 Å². The van der Waals surface area contributed by atoms with Gasteiger partial charge in [-0.05, 0) is 67.9 Å². The largest absolute Gasteiger partial charge is 0.492 e. The predicted molar refractivity (Wildman–Crippen MR) is 127 cm³/mol. The van der Waals surface area contributed by atoms with Crippen LogP contribution in [0.1, 0.15) is 36.7 Å². The van der Waals surface area contributed by atoms with Gasteiger partial charge in [-0.1, -0.05) is 29.8 Å². The van der Waals surface area contributed by atoms with Crippen molar-refractivity contribution >= 4 is 28.6 Å². The normalized spacial score (nSPS) is 15.7. The number of rotatable bonds is 7. The quantitative estimate of drug-likeness (QED) is 0.468. The summed E-state index contributed by atoms with van der Waals surface area (Å²) in [5.41, 5.74) is 4.22. The highest BCUT2D eigenvalue weighted by atomic mass is 35.5. The summed E-state index contributed by atoms with van der Waals surface area (Å²) in [6, 6.07) is 13.5. The number of allylic oxidation sites excluding steroid dienone is 1. The minimum absolute atomic E-state index is 0.269. The second-order valence-corrected chi connectivity index (χ2v) is 8.06. The number of fused-ring (bicyclic) bond motifs is 3. The molecule has 0 fully saturated rings. The zero-order valence-corrected chi connectivity index (χ0v) is 19.1. The van der Waals surface area contributed by atoms with Gasteiger partial charge in [0, 0.05) is 34.7 Å². The lowest BCUT2D eigenvalue weighted by atomic mass is 9.92. The van der Waals surface area contributed by atoms with Gasteiger partial charge in [0.15, 0.2) is 0 Å². The van der Waals surface area contributed by atoms with Crippen LogP contribution in [0, 0.1) is 0 Å². The summed E-state index contributed by atoms with van der Waals surface area (Å²) in [6.07, 6.45) is 4.27. The Morgan fingerprint density at radius 2 is 2.09 bits per heavy atom. The highest BCUT2D eigenvalue weighted by Crippen LogP contribution is 2.39. The molecule has 0 spiro atoms. The fourth-order valence-electron chi connectivity index (χ4n) is 4.19. The third kappa shape index (κ3) is 4.55. The molecule has 2 N–H and O–H groups in total.